The first-order valence-corrected chi connectivity index (χ1v) is 11.8. The molecule has 168 valence electrons. The average molecular weight is 453 g/mol. The van der Waals surface area contributed by atoms with E-state index >= 15 is 0 Å². The molecule has 2 aromatic carbocycles. The van der Waals surface area contributed by atoms with Crippen LogP contribution in [0.15, 0.2) is 61.1 Å². The SMILES string of the molecule is COC(=O)[C@H](CCSC)NC(=O)c1ccc(NCCc2cnc[nH]2)cc1-c1ccccc1. The van der Waals surface area contributed by atoms with Gasteiger partial charge in [-0.3, -0.25) is 4.79 Å². The molecule has 8 heteroatoms. The molecule has 0 radical (unpaired) electrons. The standard InChI is InChI=1S/C24H28N4O3S/c1-31-24(30)22(11-13-32-2)28-23(29)20-9-8-18(26-12-10-19-15-25-16-27-19)14-21(20)17-6-4-3-5-7-17/h3-9,14-16,22,26H,10-13H2,1-2H3,(H,25,27)(H,28,29)/t22-/m0/s1. The molecule has 1 amide bonds. The Morgan fingerprint density at radius 1 is 1.19 bits per heavy atom. The van der Waals surface area contributed by atoms with Gasteiger partial charge in [0.1, 0.15) is 6.04 Å². The second-order valence-electron chi connectivity index (χ2n) is 7.21. The minimum absolute atomic E-state index is 0.302. The number of nitrogens with zero attached hydrogens (tertiary/aromatic N) is 1. The first-order valence-electron chi connectivity index (χ1n) is 10.4. The molecule has 1 aromatic heterocycles. The fourth-order valence-electron chi connectivity index (χ4n) is 3.33. The smallest absolute Gasteiger partial charge is 0.328 e. The number of aromatic nitrogens is 2. The van der Waals surface area contributed by atoms with E-state index in [4.69, 9.17) is 4.74 Å². The summed E-state index contributed by atoms with van der Waals surface area (Å²) in [6.07, 6.45) is 6.74. The summed E-state index contributed by atoms with van der Waals surface area (Å²) in [5.74, 6) is 0.000223. The van der Waals surface area contributed by atoms with Crippen molar-refractivity contribution in [2.45, 2.75) is 18.9 Å². The van der Waals surface area contributed by atoms with Gasteiger partial charge < -0.3 is 20.4 Å². The first kappa shape index (κ1) is 23.4. The second kappa shape index (κ2) is 12.0. The molecule has 7 nitrogen and oxygen atoms in total. The number of H-pyrrole nitrogens is 1. The van der Waals surface area contributed by atoms with Crippen LogP contribution in [0.1, 0.15) is 22.5 Å². The summed E-state index contributed by atoms with van der Waals surface area (Å²) in [4.78, 5) is 32.4. The lowest BCUT2D eigenvalue weighted by molar-refractivity contribution is -0.142. The quantitative estimate of drug-likeness (QED) is 0.384. The number of carbonyl (C=O) groups is 2. The molecule has 1 atom stereocenters. The van der Waals surface area contributed by atoms with Gasteiger partial charge >= 0.3 is 5.97 Å². The zero-order valence-electron chi connectivity index (χ0n) is 18.3. The van der Waals surface area contributed by atoms with Crippen molar-refractivity contribution in [1.82, 2.24) is 15.3 Å². The normalized spacial score (nSPS) is 11.6. The lowest BCUT2D eigenvalue weighted by Gasteiger charge is -2.18. The number of methoxy groups -OCH3 is 1. The van der Waals surface area contributed by atoms with E-state index in [0.29, 0.717) is 12.0 Å². The van der Waals surface area contributed by atoms with Crippen LogP contribution in [0.3, 0.4) is 0 Å². The van der Waals surface area contributed by atoms with Crippen molar-refractivity contribution in [1.29, 1.82) is 0 Å². The second-order valence-corrected chi connectivity index (χ2v) is 8.20. The topological polar surface area (TPSA) is 96.1 Å². The van der Waals surface area contributed by atoms with Gasteiger partial charge in [-0.05, 0) is 47.8 Å². The van der Waals surface area contributed by atoms with Crippen molar-refractivity contribution in [3.8, 4) is 11.1 Å². The van der Waals surface area contributed by atoms with Crippen molar-refractivity contribution < 1.29 is 14.3 Å². The number of esters is 1. The van der Waals surface area contributed by atoms with E-state index in [-0.39, 0.29) is 5.91 Å². The van der Waals surface area contributed by atoms with E-state index in [1.165, 1.54) is 7.11 Å². The van der Waals surface area contributed by atoms with Gasteiger partial charge in [-0.15, -0.1) is 0 Å². The van der Waals surface area contributed by atoms with Crippen LogP contribution in [-0.4, -0.2) is 53.5 Å². The van der Waals surface area contributed by atoms with E-state index < -0.39 is 12.0 Å². The molecular weight excluding hydrogens is 424 g/mol. The van der Waals surface area contributed by atoms with Crippen molar-refractivity contribution in [3.63, 3.8) is 0 Å². The van der Waals surface area contributed by atoms with Gasteiger partial charge in [0.2, 0.25) is 0 Å². The minimum Gasteiger partial charge on any atom is -0.467 e. The predicted octanol–water partition coefficient (Wildman–Crippen LogP) is 3.76. The first-order chi connectivity index (χ1) is 15.6. The summed E-state index contributed by atoms with van der Waals surface area (Å²) < 4.78 is 4.88. The van der Waals surface area contributed by atoms with Crippen LogP contribution < -0.4 is 10.6 Å². The maximum atomic E-state index is 13.2. The highest BCUT2D eigenvalue weighted by Gasteiger charge is 2.23. The van der Waals surface area contributed by atoms with E-state index in [2.05, 4.69) is 20.6 Å². The Morgan fingerprint density at radius 2 is 2.00 bits per heavy atom. The van der Waals surface area contributed by atoms with Crippen LogP contribution >= 0.6 is 11.8 Å². The van der Waals surface area contributed by atoms with Crippen LogP contribution in [0.2, 0.25) is 0 Å². The molecule has 0 spiro atoms. The zero-order valence-corrected chi connectivity index (χ0v) is 19.1. The Morgan fingerprint density at radius 3 is 2.69 bits per heavy atom. The molecule has 0 bridgehead atoms. The molecule has 32 heavy (non-hydrogen) atoms. The van der Waals surface area contributed by atoms with Gasteiger partial charge in [0, 0.05) is 36.1 Å². The predicted molar refractivity (Wildman–Crippen MR) is 129 cm³/mol. The molecule has 1 heterocycles. The third-order valence-corrected chi connectivity index (χ3v) is 5.67. The maximum Gasteiger partial charge on any atom is 0.328 e. The highest BCUT2D eigenvalue weighted by Crippen LogP contribution is 2.27. The Bertz CT molecular complexity index is 1010. The van der Waals surface area contributed by atoms with Crippen LogP contribution in [-0.2, 0) is 16.0 Å². The number of hydrogen-bond donors (Lipinski definition) is 3. The molecule has 3 N–H and O–H groups in total. The molecule has 3 rings (SSSR count). The van der Waals surface area contributed by atoms with Crippen LogP contribution in [0.25, 0.3) is 11.1 Å². The number of imidazole rings is 1. The van der Waals surface area contributed by atoms with Gasteiger partial charge in [-0.2, -0.15) is 11.8 Å². The lowest BCUT2D eigenvalue weighted by Crippen LogP contribution is -2.42. The number of thioether (sulfide) groups is 1. The fraction of sp³-hybridized carbons (Fsp3) is 0.292. The molecule has 0 fully saturated rings. The molecule has 3 aromatic rings. The number of amides is 1. The molecule has 0 aliphatic carbocycles. The van der Waals surface area contributed by atoms with Gasteiger partial charge in [0.05, 0.1) is 13.4 Å². The summed E-state index contributed by atoms with van der Waals surface area (Å²) in [7, 11) is 1.33. The third-order valence-electron chi connectivity index (χ3n) is 5.03. The fourth-order valence-corrected chi connectivity index (χ4v) is 3.81. The van der Waals surface area contributed by atoms with Crippen molar-refractivity contribution in [2.24, 2.45) is 0 Å². The lowest BCUT2D eigenvalue weighted by atomic mass is 9.98. The van der Waals surface area contributed by atoms with Crippen LogP contribution in [0.5, 0.6) is 0 Å². The molecule has 0 saturated carbocycles. The Kier molecular flexibility index (Phi) is 8.74. The maximum absolute atomic E-state index is 13.2. The number of hydrogen-bond acceptors (Lipinski definition) is 6. The van der Waals surface area contributed by atoms with Gasteiger partial charge in [-0.1, -0.05) is 30.3 Å². The summed E-state index contributed by atoms with van der Waals surface area (Å²) in [6.45, 7) is 0.723. The number of aromatic amines is 1. The summed E-state index contributed by atoms with van der Waals surface area (Å²) in [5, 5.41) is 6.25. The van der Waals surface area contributed by atoms with Crippen LogP contribution in [0, 0.1) is 0 Å². The third kappa shape index (κ3) is 6.37. The highest BCUT2D eigenvalue weighted by atomic mass is 32.2. The molecular formula is C24H28N4O3S. The molecule has 0 unspecified atom stereocenters. The van der Waals surface area contributed by atoms with Crippen molar-refractivity contribution >= 4 is 29.3 Å². The number of rotatable bonds is 11. The number of anilines is 1. The van der Waals surface area contributed by atoms with Crippen LogP contribution in [0.4, 0.5) is 5.69 Å². The van der Waals surface area contributed by atoms with Crippen molar-refractivity contribution in [3.05, 3.63) is 72.3 Å². The van der Waals surface area contributed by atoms with E-state index in [9.17, 15) is 9.59 Å². The van der Waals surface area contributed by atoms with E-state index in [0.717, 1.165) is 41.2 Å². The number of carbonyl (C=O) groups excluding carboxylic acids is 2. The summed E-state index contributed by atoms with van der Waals surface area (Å²) in [5.41, 5.74) is 4.19. The molecule has 0 aliphatic rings. The number of nitrogens with one attached hydrogen (secondary N) is 3. The highest BCUT2D eigenvalue weighted by molar-refractivity contribution is 7.98. The monoisotopic (exact) mass is 452 g/mol. The Hall–Kier alpha value is -3.26. The Balaban J connectivity index is 1.81. The zero-order chi connectivity index (χ0) is 22.8. The van der Waals surface area contributed by atoms with Gasteiger partial charge in [0.25, 0.3) is 5.91 Å². The Labute approximate surface area is 192 Å². The summed E-state index contributed by atoms with van der Waals surface area (Å²) in [6, 6.07) is 14.7. The number of benzene rings is 2. The van der Waals surface area contributed by atoms with E-state index in [1.807, 2.05) is 48.7 Å². The van der Waals surface area contributed by atoms with Crippen molar-refractivity contribution in [2.75, 3.05) is 31.0 Å². The largest absolute Gasteiger partial charge is 0.467 e. The summed E-state index contributed by atoms with van der Waals surface area (Å²) >= 11 is 1.62. The van der Waals surface area contributed by atoms with Gasteiger partial charge in [-0.25, -0.2) is 9.78 Å². The molecule has 0 saturated heterocycles. The minimum atomic E-state index is -0.684. The number of ether oxygens (including phenoxy) is 1. The van der Waals surface area contributed by atoms with E-state index in [1.54, 1.807) is 30.4 Å². The van der Waals surface area contributed by atoms with Gasteiger partial charge in [0.15, 0.2) is 0 Å². The molecule has 0 aliphatic heterocycles. The average Bonchev–Trinajstić information content (AvgIpc) is 3.35.